The zero-order valence-electron chi connectivity index (χ0n) is 15.9. The summed E-state index contributed by atoms with van der Waals surface area (Å²) < 4.78 is 0. The number of carboxylic acids is 1. The van der Waals surface area contributed by atoms with Gasteiger partial charge in [-0.25, -0.2) is 0 Å². The molecule has 0 bridgehead atoms. The van der Waals surface area contributed by atoms with Gasteiger partial charge in [0.1, 0.15) is 0 Å². The Hall–Kier alpha value is -1.83. The average Bonchev–Trinajstić information content (AvgIpc) is 2.66. The van der Waals surface area contributed by atoms with Crippen molar-refractivity contribution in [1.29, 1.82) is 0 Å². The lowest BCUT2D eigenvalue weighted by Crippen LogP contribution is -2.48. The summed E-state index contributed by atoms with van der Waals surface area (Å²) >= 11 is 1.65. The Labute approximate surface area is 165 Å². The van der Waals surface area contributed by atoms with E-state index in [4.69, 9.17) is 5.11 Å². The number of hydrogen-bond donors (Lipinski definition) is 2. The molecule has 1 saturated heterocycles. The standard InChI is InChI=1S/C20H29N3O3S/c1-3-13-27-18-8-6-5-7-17(18)21-19(24)14-22-11-9-16(10-12-22)23(4-2)15-20(25)26/h3,5-8,16H,1,4,9-15H2,2H3,(H,21,24)(H,25,26). The Morgan fingerprint density at radius 2 is 2.07 bits per heavy atom. The second kappa shape index (κ2) is 11.1. The van der Waals surface area contributed by atoms with Crippen LogP contribution in [0.15, 0.2) is 41.8 Å². The minimum atomic E-state index is -0.786. The second-order valence-electron chi connectivity index (χ2n) is 6.61. The lowest BCUT2D eigenvalue weighted by atomic mass is 10.0. The highest BCUT2D eigenvalue weighted by Crippen LogP contribution is 2.27. The molecule has 0 spiro atoms. The molecule has 1 aliphatic heterocycles. The molecule has 0 unspecified atom stereocenters. The van der Waals surface area contributed by atoms with Gasteiger partial charge in [-0.2, -0.15) is 0 Å². The first-order chi connectivity index (χ1) is 13.0. The van der Waals surface area contributed by atoms with Crippen LogP contribution in [0.25, 0.3) is 0 Å². The molecule has 148 valence electrons. The molecule has 2 N–H and O–H groups in total. The SMILES string of the molecule is C=CCSc1ccccc1NC(=O)CN1CCC(N(CC)CC(=O)O)CC1. The van der Waals surface area contributed by atoms with E-state index < -0.39 is 5.97 Å². The molecule has 7 heteroatoms. The number of likely N-dealkylation sites (tertiary alicyclic amines) is 1. The number of carbonyl (C=O) groups is 2. The number of nitrogens with zero attached hydrogens (tertiary/aromatic N) is 2. The molecule has 1 aromatic rings. The molecule has 0 aliphatic carbocycles. The van der Waals surface area contributed by atoms with E-state index in [-0.39, 0.29) is 18.5 Å². The first-order valence-electron chi connectivity index (χ1n) is 9.34. The molecule has 1 heterocycles. The van der Waals surface area contributed by atoms with Crippen molar-refractivity contribution in [1.82, 2.24) is 9.80 Å². The van der Waals surface area contributed by atoms with Gasteiger partial charge in [-0.05, 0) is 31.5 Å². The number of carboxylic acid groups (broad SMARTS) is 1. The number of amides is 1. The Balaban J connectivity index is 1.82. The number of thioether (sulfide) groups is 1. The summed E-state index contributed by atoms with van der Waals surface area (Å²) in [5.41, 5.74) is 0.836. The van der Waals surface area contributed by atoms with Crippen LogP contribution in [0.4, 0.5) is 5.69 Å². The first-order valence-corrected chi connectivity index (χ1v) is 10.3. The predicted molar refractivity (Wildman–Crippen MR) is 110 cm³/mol. The van der Waals surface area contributed by atoms with Gasteiger partial charge in [0, 0.05) is 29.8 Å². The van der Waals surface area contributed by atoms with Gasteiger partial charge in [0.05, 0.1) is 18.8 Å². The van der Waals surface area contributed by atoms with Crippen molar-refractivity contribution in [3.8, 4) is 0 Å². The highest BCUT2D eigenvalue weighted by molar-refractivity contribution is 7.99. The molecule has 1 aromatic carbocycles. The number of aliphatic carboxylic acids is 1. The van der Waals surface area contributed by atoms with E-state index in [0.717, 1.165) is 48.8 Å². The van der Waals surface area contributed by atoms with Crippen LogP contribution in [0.3, 0.4) is 0 Å². The fourth-order valence-corrected chi connectivity index (χ4v) is 4.10. The van der Waals surface area contributed by atoms with E-state index in [2.05, 4.69) is 16.8 Å². The third kappa shape index (κ3) is 7.01. The molecule has 0 radical (unpaired) electrons. The highest BCUT2D eigenvalue weighted by Gasteiger charge is 2.26. The number of rotatable bonds is 10. The van der Waals surface area contributed by atoms with Crippen molar-refractivity contribution in [2.24, 2.45) is 0 Å². The van der Waals surface area contributed by atoms with E-state index in [1.54, 1.807) is 11.8 Å². The highest BCUT2D eigenvalue weighted by atomic mass is 32.2. The van der Waals surface area contributed by atoms with Gasteiger partial charge < -0.3 is 10.4 Å². The topological polar surface area (TPSA) is 72.9 Å². The number of likely N-dealkylation sites (N-methyl/N-ethyl adjacent to an activating group) is 1. The molecule has 27 heavy (non-hydrogen) atoms. The van der Waals surface area contributed by atoms with Crippen LogP contribution in [0, 0.1) is 0 Å². The van der Waals surface area contributed by atoms with Crippen molar-refractivity contribution in [2.45, 2.75) is 30.7 Å². The monoisotopic (exact) mass is 391 g/mol. The van der Waals surface area contributed by atoms with Crippen molar-refractivity contribution in [3.63, 3.8) is 0 Å². The normalized spacial score (nSPS) is 15.6. The number of piperidine rings is 1. The molecular weight excluding hydrogens is 362 g/mol. The molecule has 0 saturated carbocycles. The van der Waals surface area contributed by atoms with Crippen molar-refractivity contribution in [3.05, 3.63) is 36.9 Å². The minimum Gasteiger partial charge on any atom is -0.480 e. The molecule has 0 aromatic heterocycles. The summed E-state index contributed by atoms with van der Waals surface area (Å²) in [7, 11) is 0. The van der Waals surface area contributed by atoms with Gasteiger partial charge in [0.15, 0.2) is 0 Å². The van der Waals surface area contributed by atoms with E-state index >= 15 is 0 Å². The van der Waals surface area contributed by atoms with Gasteiger partial charge in [0.25, 0.3) is 0 Å². The Bertz CT molecular complexity index is 645. The molecule has 2 rings (SSSR count). The molecule has 1 aliphatic rings. The number of hydrogen-bond acceptors (Lipinski definition) is 5. The maximum absolute atomic E-state index is 12.5. The van der Waals surface area contributed by atoms with Crippen LogP contribution in [-0.4, -0.2) is 71.3 Å². The van der Waals surface area contributed by atoms with Gasteiger partial charge >= 0.3 is 5.97 Å². The molecule has 6 nitrogen and oxygen atoms in total. The quantitative estimate of drug-likeness (QED) is 0.472. The van der Waals surface area contributed by atoms with E-state index in [0.29, 0.717) is 6.54 Å². The van der Waals surface area contributed by atoms with E-state index in [1.165, 1.54) is 0 Å². The summed E-state index contributed by atoms with van der Waals surface area (Å²) in [5, 5.41) is 12.0. The van der Waals surface area contributed by atoms with Gasteiger partial charge in [-0.15, -0.1) is 18.3 Å². The third-order valence-electron chi connectivity index (χ3n) is 4.70. The third-order valence-corrected chi connectivity index (χ3v) is 5.77. The maximum Gasteiger partial charge on any atom is 0.317 e. The van der Waals surface area contributed by atoms with Crippen LogP contribution in [0.5, 0.6) is 0 Å². The van der Waals surface area contributed by atoms with E-state index in [1.807, 2.05) is 42.2 Å². The molecular formula is C20H29N3O3S. The van der Waals surface area contributed by atoms with Crippen LogP contribution >= 0.6 is 11.8 Å². The minimum absolute atomic E-state index is 0.0158. The summed E-state index contributed by atoms with van der Waals surface area (Å²) in [5.74, 6) is -0.00497. The zero-order chi connectivity index (χ0) is 19.6. The van der Waals surface area contributed by atoms with Crippen LogP contribution < -0.4 is 5.32 Å². The number of nitrogens with one attached hydrogen (secondary N) is 1. The van der Waals surface area contributed by atoms with E-state index in [9.17, 15) is 9.59 Å². The fourth-order valence-electron chi connectivity index (χ4n) is 3.35. The van der Waals surface area contributed by atoms with Crippen molar-refractivity contribution in [2.75, 3.05) is 43.8 Å². The molecule has 1 fully saturated rings. The lowest BCUT2D eigenvalue weighted by Gasteiger charge is -2.37. The average molecular weight is 392 g/mol. The number of para-hydroxylation sites is 1. The molecule has 1 amide bonds. The van der Waals surface area contributed by atoms with Crippen LogP contribution in [0.2, 0.25) is 0 Å². The van der Waals surface area contributed by atoms with Gasteiger partial charge in [-0.3, -0.25) is 19.4 Å². The summed E-state index contributed by atoms with van der Waals surface area (Å²) in [6.07, 6.45) is 3.62. The van der Waals surface area contributed by atoms with Crippen LogP contribution in [-0.2, 0) is 9.59 Å². The Morgan fingerprint density at radius 1 is 1.37 bits per heavy atom. The number of anilines is 1. The Kier molecular flexibility index (Phi) is 8.84. The number of carbonyl (C=O) groups excluding carboxylic acids is 1. The maximum atomic E-state index is 12.5. The number of benzene rings is 1. The predicted octanol–water partition coefficient (Wildman–Crippen LogP) is 2.77. The fraction of sp³-hybridized carbons (Fsp3) is 0.500. The van der Waals surface area contributed by atoms with Gasteiger partial charge in [-0.1, -0.05) is 25.1 Å². The van der Waals surface area contributed by atoms with Crippen LogP contribution in [0.1, 0.15) is 19.8 Å². The Morgan fingerprint density at radius 3 is 2.70 bits per heavy atom. The molecule has 0 atom stereocenters. The summed E-state index contributed by atoms with van der Waals surface area (Å²) in [6, 6.07) is 8.07. The lowest BCUT2D eigenvalue weighted by molar-refractivity contribution is -0.139. The van der Waals surface area contributed by atoms with Crippen molar-refractivity contribution >= 4 is 29.3 Å². The zero-order valence-corrected chi connectivity index (χ0v) is 16.7. The summed E-state index contributed by atoms with van der Waals surface area (Å²) in [4.78, 5) is 28.6. The van der Waals surface area contributed by atoms with Crippen molar-refractivity contribution < 1.29 is 14.7 Å². The first kappa shape index (κ1) is 21.5. The van der Waals surface area contributed by atoms with Gasteiger partial charge in [0.2, 0.25) is 5.91 Å². The smallest absolute Gasteiger partial charge is 0.317 e. The second-order valence-corrected chi connectivity index (χ2v) is 7.67. The largest absolute Gasteiger partial charge is 0.480 e. The summed E-state index contributed by atoms with van der Waals surface area (Å²) in [6.45, 7) is 8.51.